The minimum absolute atomic E-state index is 0.613. The van der Waals surface area contributed by atoms with Crippen LogP contribution in [0.4, 0.5) is 0 Å². The molecule has 0 spiro atoms. The average molecular weight is 664 g/mol. The fourth-order valence-electron chi connectivity index (χ4n) is 8.58. The number of aromatic nitrogens is 3. The summed E-state index contributed by atoms with van der Waals surface area (Å²) in [4.78, 5) is 16.3. The Morgan fingerprint density at radius 1 is 0.404 bits per heavy atom. The van der Waals surface area contributed by atoms with E-state index in [4.69, 9.17) is 19.4 Å². The molecule has 242 valence electrons. The summed E-state index contributed by atoms with van der Waals surface area (Å²) in [7, 11) is 0. The number of para-hydroxylation sites is 1. The van der Waals surface area contributed by atoms with Crippen molar-refractivity contribution in [3.8, 4) is 33.9 Å². The first kappa shape index (κ1) is 28.9. The Hall–Kier alpha value is -6.91. The molecule has 0 radical (unpaired) electrons. The second-order valence-corrected chi connectivity index (χ2v) is 13.5. The van der Waals surface area contributed by atoms with E-state index in [0.29, 0.717) is 17.5 Å². The largest absolute Gasteiger partial charge is 0.456 e. The van der Waals surface area contributed by atoms with E-state index in [1.807, 2.05) is 42.5 Å². The van der Waals surface area contributed by atoms with Gasteiger partial charge in [0.15, 0.2) is 17.5 Å². The molecule has 1 aliphatic carbocycles. The van der Waals surface area contributed by atoms with Crippen LogP contribution in [0.3, 0.4) is 0 Å². The zero-order valence-electron chi connectivity index (χ0n) is 28.0. The van der Waals surface area contributed by atoms with Crippen LogP contribution in [-0.4, -0.2) is 15.0 Å². The minimum Gasteiger partial charge on any atom is -0.456 e. The maximum absolute atomic E-state index is 6.22. The van der Waals surface area contributed by atoms with Gasteiger partial charge in [-0.15, -0.1) is 0 Å². The van der Waals surface area contributed by atoms with Gasteiger partial charge in [-0.1, -0.05) is 152 Å². The molecule has 1 atom stereocenters. The topological polar surface area (TPSA) is 51.8 Å². The van der Waals surface area contributed by atoms with Crippen LogP contribution in [-0.2, 0) is 5.41 Å². The molecule has 0 amide bonds. The van der Waals surface area contributed by atoms with Gasteiger partial charge >= 0.3 is 0 Å². The number of benzene rings is 8. The summed E-state index contributed by atoms with van der Waals surface area (Å²) in [5, 5.41) is 6.94. The van der Waals surface area contributed by atoms with Crippen LogP contribution in [0.15, 0.2) is 180 Å². The smallest absolute Gasteiger partial charge is 0.163 e. The van der Waals surface area contributed by atoms with Crippen LogP contribution >= 0.6 is 0 Å². The van der Waals surface area contributed by atoms with E-state index in [2.05, 4.69) is 133 Å². The van der Waals surface area contributed by atoms with Crippen molar-refractivity contribution in [3.63, 3.8) is 0 Å². The standard InChI is InChI=1S/C48H29N3O/c1-3-15-30(16-4-1)45-49-46(31-27-28-42-39(29-31)35-21-12-14-26-41(35)52-42)51-47(50-45)48(32-17-5-2-6-18-32)40-25-13-11-24-38(40)43-36-22-9-7-19-33(36)34-20-8-10-23-37(34)44(43)48/h1-29H. The number of nitrogens with zero attached hydrogens (tertiary/aromatic N) is 3. The van der Waals surface area contributed by atoms with Crippen LogP contribution in [0.2, 0.25) is 0 Å². The van der Waals surface area contributed by atoms with Crippen molar-refractivity contribution >= 4 is 43.5 Å². The maximum Gasteiger partial charge on any atom is 0.163 e. The lowest BCUT2D eigenvalue weighted by Crippen LogP contribution is -2.32. The van der Waals surface area contributed by atoms with Crippen molar-refractivity contribution in [2.75, 3.05) is 0 Å². The molecule has 10 aromatic rings. The lowest BCUT2D eigenvalue weighted by molar-refractivity contribution is 0.669. The first-order valence-electron chi connectivity index (χ1n) is 17.6. The molecule has 0 bridgehead atoms. The molecule has 11 rings (SSSR count). The van der Waals surface area contributed by atoms with Crippen LogP contribution in [0.25, 0.3) is 77.4 Å². The number of hydrogen-bond acceptors (Lipinski definition) is 4. The van der Waals surface area contributed by atoms with E-state index in [-0.39, 0.29) is 0 Å². The average Bonchev–Trinajstić information content (AvgIpc) is 3.76. The van der Waals surface area contributed by atoms with Crippen molar-refractivity contribution in [1.29, 1.82) is 0 Å². The Kier molecular flexibility index (Phi) is 6.13. The maximum atomic E-state index is 6.22. The second-order valence-electron chi connectivity index (χ2n) is 13.5. The van der Waals surface area contributed by atoms with Crippen LogP contribution < -0.4 is 0 Å². The third-order valence-corrected chi connectivity index (χ3v) is 10.8. The Bertz CT molecular complexity index is 3020. The number of furan rings is 1. The summed E-state index contributed by atoms with van der Waals surface area (Å²) in [5.41, 5.74) is 8.54. The lowest BCUT2D eigenvalue weighted by Gasteiger charge is -2.33. The summed E-state index contributed by atoms with van der Waals surface area (Å²) in [6.45, 7) is 0. The van der Waals surface area contributed by atoms with E-state index >= 15 is 0 Å². The molecule has 0 saturated heterocycles. The summed E-state index contributed by atoms with van der Waals surface area (Å²) in [6, 6.07) is 61.8. The molecular formula is C48H29N3O. The molecule has 1 unspecified atom stereocenters. The first-order chi connectivity index (χ1) is 25.8. The Morgan fingerprint density at radius 2 is 0.981 bits per heavy atom. The molecule has 1 aliphatic rings. The second kappa shape index (κ2) is 11.0. The molecule has 52 heavy (non-hydrogen) atoms. The van der Waals surface area contributed by atoms with Gasteiger partial charge in [0.1, 0.15) is 16.6 Å². The lowest BCUT2D eigenvalue weighted by atomic mass is 9.70. The van der Waals surface area contributed by atoms with Crippen molar-refractivity contribution in [1.82, 2.24) is 15.0 Å². The van der Waals surface area contributed by atoms with E-state index in [1.165, 1.54) is 38.2 Å². The third kappa shape index (κ3) is 4.00. The molecule has 0 saturated carbocycles. The van der Waals surface area contributed by atoms with Crippen molar-refractivity contribution in [3.05, 3.63) is 198 Å². The van der Waals surface area contributed by atoms with Gasteiger partial charge in [-0.2, -0.15) is 0 Å². The summed E-state index contributed by atoms with van der Waals surface area (Å²) >= 11 is 0. The zero-order chi connectivity index (χ0) is 34.2. The van der Waals surface area contributed by atoms with Gasteiger partial charge in [-0.05, 0) is 73.6 Å². The molecule has 0 fully saturated rings. The summed E-state index contributed by atoms with van der Waals surface area (Å²) in [5.74, 6) is 1.93. The molecule has 4 heteroatoms. The monoisotopic (exact) mass is 663 g/mol. The Labute approximate surface area is 299 Å². The first-order valence-corrected chi connectivity index (χ1v) is 17.6. The summed E-state index contributed by atoms with van der Waals surface area (Å²) in [6.07, 6.45) is 0. The van der Waals surface area contributed by atoms with Gasteiger partial charge in [0, 0.05) is 21.9 Å². The highest BCUT2D eigenvalue weighted by Gasteiger charge is 2.50. The van der Waals surface area contributed by atoms with Crippen molar-refractivity contribution in [2.45, 2.75) is 5.41 Å². The van der Waals surface area contributed by atoms with Gasteiger partial charge in [-0.25, -0.2) is 15.0 Å². The van der Waals surface area contributed by atoms with Crippen LogP contribution in [0.1, 0.15) is 22.5 Å². The van der Waals surface area contributed by atoms with Crippen LogP contribution in [0.5, 0.6) is 0 Å². The fourth-order valence-corrected chi connectivity index (χ4v) is 8.58. The van der Waals surface area contributed by atoms with E-state index in [1.54, 1.807) is 0 Å². The fraction of sp³-hybridized carbons (Fsp3) is 0.0208. The number of hydrogen-bond donors (Lipinski definition) is 0. The quantitative estimate of drug-likeness (QED) is 0.176. The minimum atomic E-state index is -0.857. The SMILES string of the molecule is c1ccc(-c2nc(-c3ccc4oc5ccccc5c4c3)nc(C3(c4ccccc4)c4ccccc4-c4c3c3ccccc3c3ccccc43)n2)cc1. The zero-order valence-corrected chi connectivity index (χ0v) is 28.0. The summed E-state index contributed by atoms with van der Waals surface area (Å²) < 4.78 is 6.22. The molecule has 0 aliphatic heterocycles. The van der Waals surface area contributed by atoms with Crippen LogP contribution in [0, 0.1) is 0 Å². The highest BCUT2D eigenvalue weighted by Crippen LogP contribution is 2.59. The number of rotatable bonds is 4. The van der Waals surface area contributed by atoms with Gasteiger partial charge in [0.2, 0.25) is 0 Å². The van der Waals surface area contributed by atoms with Gasteiger partial charge < -0.3 is 4.42 Å². The molecule has 4 nitrogen and oxygen atoms in total. The van der Waals surface area contributed by atoms with Gasteiger partial charge in [-0.3, -0.25) is 0 Å². The Balaban J connectivity index is 1.31. The highest BCUT2D eigenvalue weighted by molar-refractivity contribution is 6.19. The van der Waals surface area contributed by atoms with Gasteiger partial charge in [0.25, 0.3) is 0 Å². The predicted octanol–water partition coefficient (Wildman–Crippen LogP) is 11.8. The van der Waals surface area contributed by atoms with E-state index < -0.39 is 5.41 Å². The Morgan fingerprint density at radius 3 is 1.77 bits per heavy atom. The van der Waals surface area contributed by atoms with Crippen molar-refractivity contribution < 1.29 is 4.42 Å². The normalized spacial score (nSPS) is 15.0. The molecule has 2 aromatic heterocycles. The molecular weight excluding hydrogens is 635 g/mol. The molecule has 2 heterocycles. The van der Waals surface area contributed by atoms with Gasteiger partial charge in [0.05, 0.1) is 0 Å². The third-order valence-electron chi connectivity index (χ3n) is 10.8. The van der Waals surface area contributed by atoms with Crippen molar-refractivity contribution in [2.24, 2.45) is 0 Å². The molecule has 0 N–H and O–H groups in total. The highest BCUT2D eigenvalue weighted by atomic mass is 16.3. The van der Waals surface area contributed by atoms with E-state index in [9.17, 15) is 0 Å². The number of fused-ring (bicyclic) bond motifs is 11. The predicted molar refractivity (Wildman–Crippen MR) is 210 cm³/mol. The van der Waals surface area contributed by atoms with E-state index in [0.717, 1.165) is 44.2 Å². The molecule has 8 aromatic carbocycles.